The molecule has 6 nitrogen and oxygen atoms in total. The van der Waals surface area contributed by atoms with Crippen LogP contribution in [0.25, 0.3) is 32.4 Å². The maximum Gasteiger partial charge on any atom is 0.231 e. The molecule has 0 N–H and O–H groups in total. The Morgan fingerprint density at radius 1 is 0.941 bits per heavy atom. The Bertz CT molecular complexity index is 1630. The highest BCUT2D eigenvalue weighted by Gasteiger charge is 2.31. The Kier molecular flexibility index (Phi) is 4.12. The molecule has 0 aliphatic carbocycles. The van der Waals surface area contributed by atoms with Crippen LogP contribution < -0.4 is 23.5 Å². The van der Waals surface area contributed by atoms with Crippen LogP contribution in [0.3, 0.4) is 0 Å². The first-order chi connectivity index (χ1) is 16.8. The molecule has 2 aliphatic rings. The van der Waals surface area contributed by atoms with Gasteiger partial charge in [-0.15, -0.1) is 0 Å². The number of aromatic nitrogens is 2. The van der Waals surface area contributed by atoms with Gasteiger partial charge in [0.05, 0.1) is 30.4 Å². The average molecular weight is 452 g/mol. The molecular formula is C28H23N2O4+. The standard InChI is InChI=1S/C28H23N2O4/c1-31-22-4-3-19-20-12-18(11-16-5-8-29-9-6-16)25-24-17(13-23-28(25)34-15-33-23)7-10-30(26(20)24)14-21(19)27(22)32-2/h3-6,8-9,12-14H,7,10-11,15H2,1-2H3/q+1. The minimum Gasteiger partial charge on any atom is -0.493 e. The van der Waals surface area contributed by atoms with E-state index < -0.39 is 0 Å². The van der Waals surface area contributed by atoms with Gasteiger partial charge in [-0.2, -0.15) is 4.57 Å². The highest BCUT2D eigenvalue weighted by Crippen LogP contribution is 2.48. The molecule has 5 aromatic rings. The first kappa shape index (κ1) is 19.4. The van der Waals surface area contributed by atoms with Gasteiger partial charge in [-0.05, 0) is 59.5 Å². The molecule has 3 aromatic carbocycles. The smallest absolute Gasteiger partial charge is 0.231 e. The molecule has 34 heavy (non-hydrogen) atoms. The third-order valence-electron chi connectivity index (χ3n) is 7.09. The lowest BCUT2D eigenvalue weighted by atomic mass is 9.88. The van der Waals surface area contributed by atoms with Crippen LogP contribution in [0.15, 0.2) is 55.0 Å². The van der Waals surface area contributed by atoms with Crippen molar-refractivity contribution in [2.45, 2.75) is 19.4 Å². The summed E-state index contributed by atoms with van der Waals surface area (Å²) in [5, 5.41) is 5.81. The molecule has 2 aromatic heterocycles. The fourth-order valence-corrected chi connectivity index (χ4v) is 5.63. The topological polar surface area (TPSA) is 53.7 Å². The number of ether oxygens (including phenoxy) is 4. The van der Waals surface area contributed by atoms with Crippen LogP contribution >= 0.6 is 0 Å². The third kappa shape index (κ3) is 2.62. The summed E-state index contributed by atoms with van der Waals surface area (Å²) in [7, 11) is 3.38. The summed E-state index contributed by atoms with van der Waals surface area (Å²) in [6.45, 7) is 1.15. The molecule has 0 unspecified atom stereocenters. The number of rotatable bonds is 4. The van der Waals surface area contributed by atoms with E-state index in [0.717, 1.165) is 58.5 Å². The molecule has 0 atom stereocenters. The molecule has 0 bridgehead atoms. The molecule has 7 rings (SSSR count). The minimum atomic E-state index is 0.259. The number of pyridine rings is 2. The van der Waals surface area contributed by atoms with Gasteiger partial charge in [0.1, 0.15) is 0 Å². The van der Waals surface area contributed by atoms with E-state index in [-0.39, 0.29) is 6.79 Å². The summed E-state index contributed by atoms with van der Waals surface area (Å²) in [6.07, 6.45) is 7.60. The predicted octanol–water partition coefficient (Wildman–Crippen LogP) is 4.72. The highest BCUT2D eigenvalue weighted by atomic mass is 16.7. The second-order valence-corrected chi connectivity index (χ2v) is 8.82. The van der Waals surface area contributed by atoms with Gasteiger partial charge in [0.15, 0.2) is 35.7 Å². The SMILES string of the molecule is COc1ccc2c(c[n+]3c4c2cc(Cc2ccncc2)c2c5c(cc(c24)CC3)OCO5)c1OC. The molecule has 0 spiro atoms. The first-order valence-electron chi connectivity index (χ1n) is 11.4. The highest BCUT2D eigenvalue weighted by molar-refractivity contribution is 6.18. The summed E-state index contributed by atoms with van der Waals surface area (Å²) >= 11 is 0. The molecule has 168 valence electrons. The molecule has 2 aliphatic heterocycles. The molecule has 4 heterocycles. The molecule has 6 heteroatoms. The van der Waals surface area contributed by atoms with E-state index in [1.807, 2.05) is 18.5 Å². The Morgan fingerprint density at radius 3 is 2.65 bits per heavy atom. The van der Waals surface area contributed by atoms with Gasteiger partial charge >= 0.3 is 0 Å². The number of nitrogens with zero attached hydrogens (tertiary/aromatic N) is 2. The van der Waals surface area contributed by atoms with Crippen molar-refractivity contribution in [2.24, 2.45) is 0 Å². The first-order valence-corrected chi connectivity index (χ1v) is 11.4. The van der Waals surface area contributed by atoms with E-state index in [4.69, 9.17) is 18.9 Å². The van der Waals surface area contributed by atoms with Crippen LogP contribution in [-0.4, -0.2) is 26.0 Å². The maximum absolute atomic E-state index is 6.03. The van der Waals surface area contributed by atoms with Crippen LogP contribution in [0, 0.1) is 0 Å². The second kappa shape index (κ2) is 7.22. The zero-order valence-corrected chi connectivity index (χ0v) is 19.1. The summed E-state index contributed by atoms with van der Waals surface area (Å²) in [5.41, 5.74) is 4.96. The van der Waals surface area contributed by atoms with Crippen molar-refractivity contribution in [1.82, 2.24) is 4.98 Å². The number of fused-ring (bicyclic) bond motifs is 4. The second-order valence-electron chi connectivity index (χ2n) is 8.82. The van der Waals surface area contributed by atoms with Crippen molar-refractivity contribution >= 4 is 32.4 Å². The summed E-state index contributed by atoms with van der Waals surface area (Å²) in [6, 6.07) is 12.8. The fraction of sp³-hybridized carbons (Fsp3) is 0.214. The van der Waals surface area contributed by atoms with Crippen molar-refractivity contribution in [3.8, 4) is 23.0 Å². The Labute approximate surface area is 196 Å². The zero-order chi connectivity index (χ0) is 22.8. The lowest BCUT2D eigenvalue weighted by molar-refractivity contribution is -0.670. The molecule has 0 fully saturated rings. The van der Waals surface area contributed by atoms with Crippen LogP contribution in [-0.2, 0) is 19.4 Å². The van der Waals surface area contributed by atoms with Gasteiger partial charge < -0.3 is 18.9 Å². The van der Waals surface area contributed by atoms with Crippen LogP contribution in [0.4, 0.5) is 0 Å². The number of hydrogen-bond donors (Lipinski definition) is 0. The van der Waals surface area contributed by atoms with E-state index in [0.29, 0.717) is 0 Å². The van der Waals surface area contributed by atoms with Gasteiger partial charge in [0, 0.05) is 29.6 Å². The Hall–Kier alpha value is -4.06. The molecule has 0 radical (unpaired) electrons. The van der Waals surface area contributed by atoms with Crippen molar-refractivity contribution in [3.63, 3.8) is 0 Å². The summed E-state index contributed by atoms with van der Waals surface area (Å²) in [4.78, 5) is 4.19. The zero-order valence-electron chi connectivity index (χ0n) is 19.1. The van der Waals surface area contributed by atoms with E-state index in [1.54, 1.807) is 14.2 Å². The lowest BCUT2D eigenvalue weighted by Gasteiger charge is -2.20. The Morgan fingerprint density at radius 2 is 1.82 bits per heavy atom. The number of methoxy groups -OCH3 is 2. The van der Waals surface area contributed by atoms with E-state index >= 15 is 0 Å². The quantitative estimate of drug-likeness (QED) is 0.292. The Balaban J connectivity index is 1.66. The molecule has 0 saturated carbocycles. The van der Waals surface area contributed by atoms with Gasteiger partial charge in [-0.3, -0.25) is 4.98 Å². The van der Waals surface area contributed by atoms with Crippen molar-refractivity contribution < 1.29 is 23.5 Å². The largest absolute Gasteiger partial charge is 0.493 e. The number of hydrogen-bond acceptors (Lipinski definition) is 5. The van der Waals surface area contributed by atoms with Crippen molar-refractivity contribution in [1.29, 1.82) is 0 Å². The molecule has 0 amide bonds. The summed E-state index contributed by atoms with van der Waals surface area (Å²) in [5.74, 6) is 3.20. The lowest BCUT2D eigenvalue weighted by Crippen LogP contribution is -2.38. The maximum atomic E-state index is 6.03. The number of benzene rings is 3. The van der Waals surface area contributed by atoms with E-state index in [2.05, 4.69) is 46.1 Å². The van der Waals surface area contributed by atoms with Crippen molar-refractivity contribution in [3.05, 3.63) is 71.7 Å². The predicted molar refractivity (Wildman–Crippen MR) is 129 cm³/mol. The van der Waals surface area contributed by atoms with Gasteiger partial charge in [-0.1, -0.05) is 0 Å². The van der Waals surface area contributed by atoms with E-state index in [9.17, 15) is 0 Å². The molecule has 0 saturated heterocycles. The molecular weight excluding hydrogens is 428 g/mol. The van der Waals surface area contributed by atoms with Gasteiger partial charge in [0.2, 0.25) is 12.3 Å². The average Bonchev–Trinajstić information content (AvgIpc) is 3.35. The summed E-state index contributed by atoms with van der Waals surface area (Å²) < 4.78 is 25.6. The third-order valence-corrected chi connectivity index (χ3v) is 7.09. The van der Waals surface area contributed by atoms with Gasteiger partial charge in [-0.25, -0.2) is 0 Å². The fourth-order valence-electron chi connectivity index (χ4n) is 5.63. The van der Waals surface area contributed by atoms with Crippen molar-refractivity contribution in [2.75, 3.05) is 21.0 Å². The minimum absolute atomic E-state index is 0.259. The van der Waals surface area contributed by atoms with E-state index in [1.165, 1.54) is 33.0 Å². The van der Waals surface area contributed by atoms with Crippen LogP contribution in [0.5, 0.6) is 23.0 Å². The normalized spacial score (nSPS) is 13.8. The number of aryl methyl sites for hydroxylation is 2. The monoisotopic (exact) mass is 451 g/mol. The van der Waals surface area contributed by atoms with Crippen LogP contribution in [0.1, 0.15) is 16.7 Å². The van der Waals surface area contributed by atoms with Gasteiger partial charge in [0.25, 0.3) is 0 Å². The van der Waals surface area contributed by atoms with Crippen LogP contribution in [0.2, 0.25) is 0 Å².